The largest absolute Gasteiger partial charge is 0.478 e. The van der Waals surface area contributed by atoms with Crippen molar-refractivity contribution in [3.63, 3.8) is 0 Å². The monoisotopic (exact) mass is 296 g/mol. The summed E-state index contributed by atoms with van der Waals surface area (Å²) in [5.41, 5.74) is -1.72. The lowest BCUT2D eigenvalue weighted by atomic mass is 9.71. The molecular formula is C16H15F3O2. The molecule has 1 aromatic carbocycles. The maximum Gasteiger partial charge on any atom is 0.401 e. The van der Waals surface area contributed by atoms with E-state index in [2.05, 4.69) is 0 Å². The quantitative estimate of drug-likeness (QED) is 0.826. The van der Waals surface area contributed by atoms with Crippen LogP contribution in [0.25, 0.3) is 0 Å². The first-order valence-corrected chi connectivity index (χ1v) is 6.43. The lowest BCUT2D eigenvalue weighted by molar-refractivity contribution is -0.187. The molecule has 2 nitrogen and oxygen atoms in total. The minimum absolute atomic E-state index is 0.105. The Hall–Kier alpha value is -2.04. The van der Waals surface area contributed by atoms with Gasteiger partial charge in [-0.1, -0.05) is 48.1 Å². The van der Waals surface area contributed by atoms with Crippen molar-refractivity contribution < 1.29 is 23.1 Å². The molecule has 0 saturated heterocycles. The maximum atomic E-state index is 13.3. The Kier molecular flexibility index (Phi) is 3.70. The number of allylic oxidation sites excluding steroid dienone is 3. The molecule has 2 rings (SSSR count). The Morgan fingerprint density at radius 3 is 2.29 bits per heavy atom. The number of aliphatic carboxylic acids is 1. The van der Waals surface area contributed by atoms with Crippen LogP contribution in [0.15, 0.2) is 53.6 Å². The molecule has 112 valence electrons. The third-order valence-electron chi connectivity index (χ3n) is 4.01. The van der Waals surface area contributed by atoms with E-state index in [1.807, 2.05) is 0 Å². The number of hydrogen-bond acceptors (Lipinski definition) is 1. The van der Waals surface area contributed by atoms with Gasteiger partial charge in [-0.05, 0) is 19.4 Å². The molecule has 0 bridgehead atoms. The molecule has 2 atom stereocenters. The van der Waals surface area contributed by atoms with Crippen LogP contribution < -0.4 is 0 Å². The van der Waals surface area contributed by atoms with E-state index >= 15 is 0 Å². The summed E-state index contributed by atoms with van der Waals surface area (Å²) in [5.74, 6) is -2.00. The lowest BCUT2D eigenvalue weighted by Crippen LogP contribution is -2.37. The van der Waals surface area contributed by atoms with Gasteiger partial charge in [0.1, 0.15) is 5.41 Å². The standard InChI is InChI=1S/C16H15F3O2/c1-10-8-12(11-6-4-3-5-7-11)13(14(20)21)9-15(10,2)16(17,18)19/h3-9,12H,1-2H3,(H,20,21). The number of carboxylic acids is 1. The van der Waals surface area contributed by atoms with Crippen molar-refractivity contribution in [2.75, 3.05) is 0 Å². The van der Waals surface area contributed by atoms with Crippen molar-refractivity contribution in [1.29, 1.82) is 0 Å². The van der Waals surface area contributed by atoms with Gasteiger partial charge in [-0.2, -0.15) is 13.2 Å². The van der Waals surface area contributed by atoms with Crippen LogP contribution in [-0.2, 0) is 4.79 Å². The highest BCUT2D eigenvalue weighted by atomic mass is 19.4. The Balaban J connectivity index is 2.58. The zero-order chi connectivity index (χ0) is 15.8. The summed E-state index contributed by atoms with van der Waals surface area (Å²) in [7, 11) is 0. The van der Waals surface area contributed by atoms with Gasteiger partial charge in [-0.15, -0.1) is 0 Å². The lowest BCUT2D eigenvalue weighted by Gasteiger charge is -2.35. The molecular weight excluding hydrogens is 281 g/mol. The predicted molar refractivity (Wildman–Crippen MR) is 72.8 cm³/mol. The van der Waals surface area contributed by atoms with Crippen LogP contribution in [0.5, 0.6) is 0 Å². The van der Waals surface area contributed by atoms with Gasteiger partial charge in [0.05, 0.1) is 0 Å². The molecule has 0 amide bonds. The van der Waals surface area contributed by atoms with E-state index < -0.39 is 23.5 Å². The number of carboxylic acid groups (broad SMARTS) is 1. The van der Waals surface area contributed by atoms with Crippen LogP contribution in [-0.4, -0.2) is 17.3 Å². The van der Waals surface area contributed by atoms with Gasteiger partial charge in [0.15, 0.2) is 0 Å². The Morgan fingerprint density at radius 2 is 1.81 bits per heavy atom. The number of hydrogen-bond donors (Lipinski definition) is 1. The van der Waals surface area contributed by atoms with Crippen molar-refractivity contribution in [3.8, 4) is 0 Å². The van der Waals surface area contributed by atoms with Crippen LogP contribution in [0.2, 0.25) is 0 Å². The highest BCUT2D eigenvalue weighted by Crippen LogP contribution is 2.50. The second-order valence-electron chi connectivity index (χ2n) is 5.34. The minimum Gasteiger partial charge on any atom is -0.478 e. The molecule has 0 spiro atoms. The molecule has 0 heterocycles. The first kappa shape index (κ1) is 15.4. The maximum absolute atomic E-state index is 13.3. The third-order valence-corrected chi connectivity index (χ3v) is 4.01. The van der Waals surface area contributed by atoms with Crippen LogP contribution >= 0.6 is 0 Å². The number of carbonyl (C=O) groups is 1. The van der Waals surface area contributed by atoms with Gasteiger partial charge >= 0.3 is 12.1 Å². The summed E-state index contributed by atoms with van der Waals surface area (Å²) in [4.78, 5) is 11.4. The second-order valence-corrected chi connectivity index (χ2v) is 5.34. The molecule has 2 unspecified atom stereocenters. The Morgan fingerprint density at radius 1 is 1.24 bits per heavy atom. The van der Waals surface area contributed by atoms with Gasteiger partial charge in [-0.25, -0.2) is 4.79 Å². The van der Waals surface area contributed by atoms with Crippen LogP contribution in [0.3, 0.4) is 0 Å². The summed E-state index contributed by atoms with van der Waals surface area (Å²) in [5, 5.41) is 9.29. The topological polar surface area (TPSA) is 37.3 Å². The van der Waals surface area contributed by atoms with Gasteiger partial charge in [0.25, 0.3) is 0 Å². The second kappa shape index (κ2) is 5.06. The molecule has 1 N–H and O–H groups in total. The van der Waals surface area contributed by atoms with E-state index in [9.17, 15) is 23.1 Å². The van der Waals surface area contributed by atoms with E-state index in [1.54, 1.807) is 30.3 Å². The third kappa shape index (κ3) is 2.60. The number of halogens is 3. The summed E-state index contributed by atoms with van der Waals surface area (Å²) in [6, 6.07) is 8.65. The first-order chi connectivity index (χ1) is 9.67. The zero-order valence-electron chi connectivity index (χ0n) is 11.6. The summed E-state index contributed by atoms with van der Waals surface area (Å²) < 4.78 is 39.8. The minimum atomic E-state index is -4.53. The number of alkyl halides is 3. The van der Waals surface area contributed by atoms with E-state index in [-0.39, 0.29) is 11.1 Å². The van der Waals surface area contributed by atoms with Gasteiger partial charge < -0.3 is 5.11 Å². The summed E-state index contributed by atoms with van der Waals surface area (Å²) in [6.45, 7) is 2.39. The van der Waals surface area contributed by atoms with Crippen molar-refractivity contribution in [1.82, 2.24) is 0 Å². The molecule has 1 aliphatic rings. The predicted octanol–water partition coefficient (Wildman–Crippen LogP) is 4.31. The molecule has 1 aromatic rings. The van der Waals surface area contributed by atoms with Gasteiger partial charge in [0.2, 0.25) is 0 Å². The van der Waals surface area contributed by atoms with Crippen LogP contribution in [0.1, 0.15) is 25.3 Å². The Labute approximate surface area is 120 Å². The van der Waals surface area contributed by atoms with Crippen LogP contribution in [0, 0.1) is 5.41 Å². The van der Waals surface area contributed by atoms with Crippen molar-refractivity contribution in [3.05, 3.63) is 59.2 Å². The SMILES string of the molecule is CC1=CC(c2ccccc2)C(C(=O)O)=CC1(C)C(F)(F)F. The van der Waals surface area contributed by atoms with E-state index in [1.165, 1.54) is 13.0 Å². The fraction of sp³-hybridized carbons (Fsp3) is 0.312. The van der Waals surface area contributed by atoms with E-state index in [0.717, 1.165) is 13.0 Å². The first-order valence-electron chi connectivity index (χ1n) is 6.43. The summed E-state index contributed by atoms with van der Waals surface area (Å²) in [6.07, 6.45) is -2.30. The Bertz CT molecular complexity index is 614. The molecule has 0 radical (unpaired) electrons. The highest BCUT2D eigenvalue weighted by molar-refractivity contribution is 5.90. The normalized spacial score (nSPS) is 26.0. The highest BCUT2D eigenvalue weighted by Gasteiger charge is 2.53. The number of rotatable bonds is 2. The van der Waals surface area contributed by atoms with Crippen molar-refractivity contribution in [2.45, 2.75) is 25.9 Å². The molecule has 0 fully saturated rings. The molecule has 5 heteroatoms. The molecule has 21 heavy (non-hydrogen) atoms. The van der Waals surface area contributed by atoms with Crippen molar-refractivity contribution >= 4 is 5.97 Å². The fourth-order valence-corrected chi connectivity index (χ4v) is 2.46. The van der Waals surface area contributed by atoms with Crippen molar-refractivity contribution in [2.24, 2.45) is 5.41 Å². The van der Waals surface area contributed by atoms with E-state index in [4.69, 9.17) is 0 Å². The van der Waals surface area contributed by atoms with Gasteiger partial charge in [0, 0.05) is 11.5 Å². The zero-order valence-corrected chi connectivity index (χ0v) is 11.6. The smallest absolute Gasteiger partial charge is 0.401 e. The average molecular weight is 296 g/mol. The molecule has 1 aliphatic carbocycles. The fourth-order valence-electron chi connectivity index (χ4n) is 2.46. The summed E-state index contributed by atoms with van der Waals surface area (Å²) >= 11 is 0. The van der Waals surface area contributed by atoms with E-state index in [0.29, 0.717) is 5.56 Å². The average Bonchev–Trinajstić information content (AvgIpc) is 2.41. The molecule has 0 aromatic heterocycles. The number of benzene rings is 1. The molecule has 0 aliphatic heterocycles. The van der Waals surface area contributed by atoms with Crippen LogP contribution in [0.4, 0.5) is 13.2 Å². The molecule has 0 saturated carbocycles. The van der Waals surface area contributed by atoms with Gasteiger partial charge in [-0.3, -0.25) is 0 Å².